The zero-order valence-electron chi connectivity index (χ0n) is 11.9. The number of hydrogen-bond donors (Lipinski definition) is 0. The molecule has 104 valence electrons. The summed E-state index contributed by atoms with van der Waals surface area (Å²) in [5.41, 5.74) is 0. The van der Waals surface area contributed by atoms with Crippen LogP contribution in [0.1, 0.15) is 0 Å². The van der Waals surface area contributed by atoms with Crippen LogP contribution in [0.4, 0.5) is 0 Å². The van der Waals surface area contributed by atoms with E-state index in [0.717, 1.165) is 0 Å². The van der Waals surface area contributed by atoms with Gasteiger partial charge in [0, 0.05) is 0 Å². The van der Waals surface area contributed by atoms with Gasteiger partial charge in [0.25, 0.3) is 0 Å². The van der Waals surface area contributed by atoms with Gasteiger partial charge in [-0.2, -0.15) is 0 Å². The Bertz CT molecular complexity index is 170. The average Bonchev–Trinajstić information content (AvgIpc) is 1.95. The molecule has 0 atom stereocenters. The Kier molecular flexibility index (Phi) is 7.71. The first kappa shape index (κ1) is 17.2. The van der Waals surface area contributed by atoms with Crippen LogP contribution in [0.3, 0.4) is 0 Å². The Balaban J connectivity index is 4.89. The Morgan fingerprint density at radius 3 is 0.765 bits per heavy atom. The van der Waals surface area contributed by atoms with Crippen LogP contribution in [0.25, 0.3) is 0 Å². The van der Waals surface area contributed by atoms with Gasteiger partial charge in [0.05, 0.1) is 0 Å². The SMILES string of the molecule is CN(C)[O][Ge]([O]N(C)C)([O]N(C)C)[O]N(C)C. The first-order valence-corrected chi connectivity index (χ1v) is 8.55. The van der Waals surface area contributed by atoms with Crippen LogP contribution in [0.5, 0.6) is 0 Å². The van der Waals surface area contributed by atoms with E-state index >= 15 is 0 Å². The molecule has 0 aromatic rings. The van der Waals surface area contributed by atoms with Crippen LogP contribution in [-0.4, -0.2) is 91.2 Å². The summed E-state index contributed by atoms with van der Waals surface area (Å²) in [6, 6.07) is 0. The Hall–Kier alpha value is 0.223. The molecule has 0 saturated carbocycles. The molecule has 0 aromatic heterocycles. The van der Waals surface area contributed by atoms with Crippen LogP contribution in [0, 0.1) is 0 Å². The molecule has 0 radical (unpaired) electrons. The van der Waals surface area contributed by atoms with Gasteiger partial charge in [-0.3, -0.25) is 0 Å². The minimum atomic E-state index is -3.92. The first-order chi connectivity index (χ1) is 7.67. The van der Waals surface area contributed by atoms with Crippen LogP contribution in [-0.2, 0) is 15.5 Å². The van der Waals surface area contributed by atoms with E-state index in [4.69, 9.17) is 15.5 Å². The van der Waals surface area contributed by atoms with Gasteiger partial charge in [0.15, 0.2) is 0 Å². The van der Waals surface area contributed by atoms with Gasteiger partial charge in [-0.25, -0.2) is 0 Å². The third kappa shape index (κ3) is 8.02. The summed E-state index contributed by atoms with van der Waals surface area (Å²) in [6.07, 6.45) is 0. The third-order valence-electron chi connectivity index (χ3n) is 1.18. The molecule has 17 heavy (non-hydrogen) atoms. The van der Waals surface area contributed by atoms with Crippen molar-refractivity contribution in [2.45, 2.75) is 0 Å². The molecular formula is C8H24GeN4O4. The second kappa shape index (κ2) is 7.61. The average molecular weight is 313 g/mol. The van der Waals surface area contributed by atoms with Gasteiger partial charge < -0.3 is 0 Å². The fraction of sp³-hybridized carbons (Fsp3) is 1.00. The van der Waals surface area contributed by atoms with Gasteiger partial charge in [-0.1, -0.05) is 0 Å². The molecule has 0 amide bonds. The van der Waals surface area contributed by atoms with E-state index in [1.165, 1.54) is 20.3 Å². The van der Waals surface area contributed by atoms with Crippen molar-refractivity contribution in [1.82, 2.24) is 20.3 Å². The van der Waals surface area contributed by atoms with E-state index in [1.807, 2.05) is 0 Å². The van der Waals surface area contributed by atoms with E-state index in [-0.39, 0.29) is 0 Å². The summed E-state index contributed by atoms with van der Waals surface area (Å²) >= 11 is -3.92. The van der Waals surface area contributed by atoms with Crippen molar-refractivity contribution >= 4 is 14.6 Å². The maximum atomic E-state index is 5.60. The van der Waals surface area contributed by atoms with Gasteiger partial charge in [-0.15, -0.1) is 0 Å². The number of nitrogens with zero attached hydrogens (tertiary/aromatic N) is 4. The van der Waals surface area contributed by atoms with Gasteiger partial charge in [0.2, 0.25) is 0 Å². The van der Waals surface area contributed by atoms with Crippen LogP contribution in [0.2, 0.25) is 0 Å². The molecule has 0 unspecified atom stereocenters. The molecule has 0 rings (SSSR count). The van der Waals surface area contributed by atoms with E-state index in [0.29, 0.717) is 0 Å². The minimum absolute atomic E-state index is 1.51. The van der Waals surface area contributed by atoms with Crippen LogP contribution < -0.4 is 0 Å². The van der Waals surface area contributed by atoms with E-state index in [9.17, 15) is 0 Å². The van der Waals surface area contributed by atoms with E-state index in [2.05, 4.69) is 0 Å². The normalized spacial score (nSPS) is 13.4. The zero-order chi connectivity index (χ0) is 13.6. The second-order valence-electron chi connectivity index (χ2n) is 4.11. The second-order valence-corrected chi connectivity index (χ2v) is 7.74. The molecule has 0 fully saturated rings. The molecule has 0 aliphatic carbocycles. The Morgan fingerprint density at radius 1 is 0.471 bits per heavy atom. The molecule has 9 heteroatoms. The Morgan fingerprint density at radius 2 is 0.647 bits per heavy atom. The quantitative estimate of drug-likeness (QED) is 0.435. The topological polar surface area (TPSA) is 49.9 Å². The monoisotopic (exact) mass is 314 g/mol. The van der Waals surface area contributed by atoms with Crippen molar-refractivity contribution in [3.05, 3.63) is 0 Å². The molecule has 0 N–H and O–H groups in total. The number of rotatable bonds is 8. The number of hydrogen-bond acceptors (Lipinski definition) is 8. The molecular weight excluding hydrogens is 289 g/mol. The number of hydroxylamine groups is 8. The molecule has 0 aliphatic rings. The summed E-state index contributed by atoms with van der Waals surface area (Å²) in [6.45, 7) is 0. The summed E-state index contributed by atoms with van der Waals surface area (Å²) < 4.78 is 22.4. The van der Waals surface area contributed by atoms with E-state index in [1.54, 1.807) is 56.4 Å². The van der Waals surface area contributed by atoms with Crippen molar-refractivity contribution in [3.8, 4) is 0 Å². The summed E-state index contributed by atoms with van der Waals surface area (Å²) in [4.78, 5) is 0. The predicted molar refractivity (Wildman–Crippen MR) is 64.8 cm³/mol. The molecule has 0 saturated heterocycles. The van der Waals surface area contributed by atoms with Crippen molar-refractivity contribution < 1.29 is 15.5 Å². The predicted octanol–water partition coefficient (Wildman–Crippen LogP) is -0.605. The van der Waals surface area contributed by atoms with E-state index < -0.39 is 14.6 Å². The molecule has 0 heterocycles. The van der Waals surface area contributed by atoms with Crippen LogP contribution in [0.15, 0.2) is 0 Å². The zero-order valence-corrected chi connectivity index (χ0v) is 14.0. The standard InChI is InChI=1S/C8H24GeN4O4/c1-10(2)14-9(15-11(3)4,16-12(5)6)17-13(7)8/h1-8H3. The molecule has 0 bridgehead atoms. The summed E-state index contributed by atoms with van der Waals surface area (Å²) in [5, 5.41) is 6.04. The Labute approximate surface area is 107 Å². The fourth-order valence-corrected chi connectivity index (χ4v) is 5.17. The molecule has 8 nitrogen and oxygen atoms in total. The summed E-state index contributed by atoms with van der Waals surface area (Å²) in [5.74, 6) is 0. The molecule has 0 spiro atoms. The molecule has 0 aromatic carbocycles. The fourth-order valence-electron chi connectivity index (χ4n) is 0.994. The van der Waals surface area contributed by atoms with Crippen molar-refractivity contribution in [2.75, 3.05) is 56.4 Å². The maximum absolute atomic E-state index is 5.60. The molecule has 0 aliphatic heterocycles. The van der Waals surface area contributed by atoms with Crippen LogP contribution >= 0.6 is 0 Å². The van der Waals surface area contributed by atoms with Crippen molar-refractivity contribution in [1.29, 1.82) is 0 Å². The third-order valence-corrected chi connectivity index (χ3v) is 6.12. The van der Waals surface area contributed by atoms with Crippen molar-refractivity contribution in [3.63, 3.8) is 0 Å². The van der Waals surface area contributed by atoms with Gasteiger partial charge in [0.1, 0.15) is 0 Å². The van der Waals surface area contributed by atoms with Gasteiger partial charge in [-0.05, 0) is 0 Å². The van der Waals surface area contributed by atoms with Gasteiger partial charge >= 0.3 is 107 Å². The first-order valence-electron chi connectivity index (χ1n) is 5.12. The van der Waals surface area contributed by atoms with Crippen molar-refractivity contribution in [2.24, 2.45) is 0 Å². The summed E-state index contributed by atoms with van der Waals surface area (Å²) in [7, 11) is 14.0.